The monoisotopic (exact) mass is 438 g/mol. The molecule has 0 saturated carbocycles. The molecule has 1 aromatic carbocycles. The molecular weight excluding hydrogens is 412 g/mol. The van der Waals surface area contributed by atoms with Crippen molar-refractivity contribution in [2.24, 2.45) is 0 Å². The summed E-state index contributed by atoms with van der Waals surface area (Å²) in [5.74, 6) is 1.72. The van der Waals surface area contributed by atoms with E-state index in [9.17, 15) is 4.79 Å². The first kappa shape index (κ1) is 21.1. The van der Waals surface area contributed by atoms with Crippen LogP contribution in [0.5, 0.6) is 0 Å². The van der Waals surface area contributed by atoms with Crippen molar-refractivity contribution < 1.29 is 4.79 Å². The summed E-state index contributed by atoms with van der Waals surface area (Å²) in [5, 5.41) is 6.71. The van der Waals surface area contributed by atoms with Crippen LogP contribution in [-0.4, -0.2) is 64.0 Å². The topological polar surface area (TPSA) is 99.2 Å². The second kappa shape index (κ2) is 9.36. The Morgan fingerprint density at radius 2 is 1.81 bits per heavy atom. The van der Waals surface area contributed by atoms with E-state index < -0.39 is 0 Å². The van der Waals surface area contributed by atoms with Crippen molar-refractivity contribution in [3.05, 3.63) is 46.7 Å². The first-order chi connectivity index (χ1) is 14.9. The van der Waals surface area contributed by atoms with Crippen molar-refractivity contribution >= 4 is 40.0 Å². The van der Waals surface area contributed by atoms with Crippen molar-refractivity contribution in [1.29, 1.82) is 0 Å². The molecule has 2 aromatic heterocycles. The molecule has 0 radical (unpaired) electrons. The highest BCUT2D eigenvalue weighted by atomic mass is 32.1. The highest BCUT2D eigenvalue weighted by molar-refractivity contribution is 7.15. The Morgan fingerprint density at radius 1 is 1.06 bits per heavy atom. The lowest BCUT2D eigenvalue weighted by Crippen LogP contribution is -2.45. The number of piperazine rings is 1. The van der Waals surface area contributed by atoms with Crippen molar-refractivity contribution in [3.63, 3.8) is 0 Å². The van der Waals surface area contributed by atoms with Gasteiger partial charge in [-0.3, -0.25) is 10.1 Å². The highest BCUT2D eigenvalue weighted by Gasteiger charge is 2.18. The summed E-state index contributed by atoms with van der Waals surface area (Å²) in [6, 6.07) is 7.73. The van der Waals surface area contributed by atoms with Crippen LogP contribution in [0.25, 0.3) is 0 Å². The van der Waals surface area contributed by atoms with E-state index in [2.05, 4.69) is 47.4 Å². The molecule has 1 aliphatic heterocycles. The third kappa shape index (κ3) is 5.74. The number of aryl methyl sites for hydroxylation is 2. The van der Waals surface area contributed by atoms with Crippen molar-refractivity contribution in [3.8, 4) is 0 Å². The molecule has 1 saturated heterocycles. The number of nitrogens with one attached hydrogen (secondary N) is 2. The largest absolute Gasteiger partial charge is 0.338 e. The van der Waals surface area contributed by atoms with Gasteiger partial charge in [0.15, 0.2) is 5.13 Å². The first-order valence-electron chi connectivity index (χ1n) is 10.2. The lowest BCUT2D eigenvalue weighted by Gasteiger charge is -2.32. The van der Waals surface area contributed by atoms with E-state index in [-0.39, 0.29) is 12.3 Å². The van der Waals surface area contributed by atoms with Crippen molar-refractivity contribution in [2.75, 3.05) is 48.8 Å². The summed E-state index contributed by atoms with van der Waals surface area (Å²) in [7, 11) is 2.12. The average Bonchev–Trinajstić information content (AvgIpc) is 3.16. The number of hydrogen-bond donors (Lipinski definition) is 2. The number of hydrogen-bond acceptors (Lipinski definition) is 9. The fourth-order valence-electron chi connectivity index (χ4n) is 3.21. The van der Waals surface area contributed by atoms with Crippen LogP contribution in [0, 0.1) is 13.8 Å². The van der Waals surface area contributed by atoms with Gasteiger partial charge in [-0.2, -0.15) is 15.0 Å². The lowest BCUT2D eigenvalue weighted by atomic mass is 10.2. The maximum Gasteiger partial charge on any atom is 0.234 e. The van der Waals surface area contributed by atoms with Crippen LogP contribution >= 0.6 is 11.3 Å². The lowest BCUT2D eigenvalue weighted by molar-refractivity contribution is -0.115. The summed E-state index contributed by atoms with van der Waals surface area (Å²) in [5.41, 5.74) is 1.94. The molecule has 3 aromatic rings. The maximum atomic E-state index is 12.3. The van der Waals surface area contributed by atoms with Gasteiger partial charge in [0.05, 0.1) is 6.42 Å². The molecule has 0 aliphatic carbocycles. The van der Waals surface area contributed by atoms with Gasteiger partial charge in [-0.05, 0) is 33.0 Å². The third-order valence-electron chi connectivity index (χ3n) is 4.96. The zero-order valence-corrected chi connectivity index (χ0v) is 18.7. The van der Waals surface area contributed by atoms with Crippen molar-refractivity contribution in [1.82, 2.24) is 24.8 Å². The minimum Gasteiger partial charge on any atom is -0.338 e. The van der Waals surface area contributed by atoms with Crippen LogP contribution < -0.4 is 15.5 Å². The van der Waals surface area contributed by atoms with Gasteiger partial charge in [-0.25, -0.2) is 4.98 Å². The Hall–Kier alpha value is -3.11. The number of anilines is 4. The molecule has 9 nitrogen and oxygen atoms in total. The Bertz CT molecular complexity index is 1040. The average molecular weight is 439 g/mol. The second-order valence-corrected chi connectivity index (χ2v) is 8.76. The predicted octanol–water partition coefficient (Wildman–Crippen LogP) is 2.62. The summed E-state index contributed by atoms with van der Waals surface area (Å²) in [6.45, 7) is 7.60. The highest BCUT2D eigenvalue weighted by Crippen LogP contribution is 2.23. The van der Waals surface area contributed by atoms with Crippen LogP contribution in [0.15, 0.2) is 30.5 Å². The van der Waals surface area contributed by atoms with E-state index >= 15 is 0 Å². The Kier molecular flexibility index (Phi) is 6.38. The number of carbonyl (C=O) groups excluding carboxylic acids is 1. The summed E-state index contributed by atoms with van der Waals surface area (Å²) >= 11 is 1.41. The molecule has 1 amide bonds. The second-order valence-electron chi connectivity index (χ2n) is 7.64. The fourth-order valence-corrected chi connectivity index (χ4v) is 4.02. The van der Waals surface area contributed by atoms with Gasteiger partial charge < -0.3 is 15.1 Å². The predicted molar refractivity (Wildman–Crippen MR) is 123 cm³/mol. The quantitative estimate of drug-likeness (QED) is 0.606. The van der Waals surface area contributed by atoms with Crippen LogP contribution in [-0.2, 0) is 11.2 Å². The molecular formula is C21H26N8OS. The van der Waals surface area contributed by atoms with E-state index in [1.807, 2.05) is 38.1 Å². The molecule has 162 valence electrons. The maximum absolute atomic E-state index is 12.3. The SMILES string of the molecule is Cc1ccc(NC(=O)Cc2cnc(Nc3nc(C)nc(N4CCN(C)CC4)n3)s2)cc1. The van der Waals surface area contributed by atoms with Gasteiger partial charge in [0.2, 0.25) is 17.8 Å². The first-order valence-corrected chi connectivity index (χ1v) is 11.0. The number of rotatable bonds is 6. The molecule has 0 atom stereocenters. The third-order valence-corrected chi connectivity index (χ3v) is 5.88. The van der Waals surface area contributed by atoms with Crippen LogP contribution in [0.2, 0.25) is 0 Å². The van der Waals surface area contributed by atoms with E-state index in [4.69, 9.17) is 0 Å². The molecule has 1 fully saturated rings. The van der Waals surface area contributed by atoms with E-state index in [0.29, 0.717) is 22.9 Å². The Balaban J connectivity index is 1.38. The zero-order chi connectivity index (χ0) is 21.8. The van der Waals surface area contributed by atoms with Gasteiger partial charge in [0, 0.05) is 42.9 Å². The minimum absolute atomic E-state index is 0.0765. The summed E-state index contributed by atoms with van der Waals surface area (Å²) in [6.07, 6.45) is 1.97. The molecule has 1 aliphatic rings. The van der Waals surface area contributed by atoms with Gasteiger partial charge in [0.25, 0.3) is 0 Å². The van der Waals surface area contributed by atoms with Gasteiger partial charge in [0.1, 0.15) is 5.82 Å². The molecule has 10 heteroatoms. The zero-order valence-electron chi connectivity index (χ0n) is 17.9. The minimum atomic E-state index is -0.0765. The molecule has 31 heavy (non-hydrogen) atoms. The molecule has 0 spiro atoms. The van der Waals surface area contributed by atoms with Gasteiger partial charge >= 0.3 is 0 Å². The van der Waals surface area contributed by atoms with Crippen LogP contribution in [0.4, 0.5) is 22.7 Å². The van der Waals surface area contributed by atoms with Crippen LogP contribution in [0.1, 0.15) is 16.3 Å². The van der Waals surface area contributed by atoms with E-state index in [1.165, 1.54) is 11.3 Å². The summed E-state index contributed by atoms with van der Waals surface area (Å²) < 4.78 is 0. The number of nitrogens with zero attached hydrogens (tertiary/aromatic N) is 6. The number of likely N-dealkylation sites (N-methyl/N-ethyl adjacent to an activating group) is 1. The molecule has 2 N–H and O–H groups in total. The van der Waals surface area contributed by atoms with E-state index in [1.54, 1.807) is 6.20 Å². The van der Waals surface area contributed by atoms with Gasteiger partial charge in [-0.15, -0.1) is 11.3 Å². The number of carbonyl (C=O) groups is 1. The number of benzene rings is 1. The van der Waals surface area contributed by atoms with Gasteiger partial charge in [-0.1, -0.05) is 17.7 Å². The fraction of sp³-hybridized carbons (Fsp3) is 0.381. The number of thiazole rings is 1. The molecule has 0 unspecified atom stereocenters. The normalized spacial score (nSPS) is 14.5. The Labute approximate surface area is 185 Å². The molecule has 0 bridgehead atoms. The van der Waals surface area contributed by atoms with E-state index in [0.717, 1.165) is 42.3 Å². The Morgan fingerprint density at radius 3 is 2.55 bits per heavy atom. The summed E-state index contributed by atoms with van der Waals surface area (Å²) in [4.78, 5) is 35.5. The molecule has 4 rings (SSSR count). The number of aromatic nitrogens is 4. The standard InChI is InChI=1S/C21H26N8OS/c1-14-4-6-16(7-5-14)25-18(30)12-17-13-22-21(31-17)27-19-23-15(2)24-20(26-19)29-10-8-28(3)9-11-29/h4-7,13H,8-12H2,1-3H3,(H,25,30)(H,22,23,24,26,27). The smallest absolute Gasteiger partial charge is 0.234 e. The van der Waals surface area contributed by atoms with Crippen molar-refractivity contribution in [2.45, 2.75) is 20.3 Å². The number of amides is 1. The molecule has 3 heterocycles. The van der Waals surface area contributed by atoms with Crippen LogP contribution in [0.3, 0.4) is 0 Å².